The molecule has 0 spiro atoms. The first-order chi connectivity index (χ1) is 8.11. The van der Waals surface area contributed by atoms with Crippen LogP contribution in [0.1, 0.15) is 5.56 Å². The minimum absolute atomic E-state index is 0.329. The van der Waals surface area contributed by atoms with Crippen LogP contribution >= 0.6 is 15.9 Å². The van der Waals surface area contributed by atoms with Gasteiger partial charge in [-0.1, -0.05) is 57.9 Å². The minimum Gasteiger partial charge on any atom is -0.508 e. The third-order valence-corrected chi connectivity index (χ3v) is 2.52. The average Bonchev–Trinajstić information content (AvgIpc) is 2.35. The SMILES string of the molecule is Cc1ccc(O)cc1.[C-]#[N+]c1ccc(Br)cc1. The number of hydrogen-bond acceptors (Lipinski definition) is 1. The molecule has 2 rings (SSSR count). The summed E-state index contributed by atoms with van der Waals surface area (Å²) in [5.41, 5.74) is 1.85. The number of benzene rings is 2. The second-order valence-corrected chi connectivity index (χ2v) is 4.34. The lowest BCUT2D eigenvalue weighted by molar-refractivity contribution is 0.475. The molecule has 0 heterocycles. The molecule has 0 unspecified atom stereocenters. The van der Waals surface area contributed by atoms with E-state index in [0.29, 0.717) is 11.4 Å². The summed E-state index contributed by atoms with van der Waals surface area (Å²) < 4.78 is 1.01. The molecule has 0 aliphatic carbocycles. The summed E-state index contributed by atoms with van der Waals surface area (Å²) in [4.78, 5) is 3.24. The summed E-state index contributed by atoms with van der Waals surface area (Å²) in [6.07, 6.45) is 0. The van der Waals surface area contributed by atoms with Crippen molar-refractivity contribution < 1.29 is 5.11 Å². The van der Waals surface area contributed by atoms with Gasteiger partial charge in [0.15, 0.2) is 5.69 Å². The van der Waals surface area contributed by atoms with E-state index in [1.54, 1.807) is 24.3 Å². The van der Waals surface area contributed by atoms with Crippen LogP contribution in [0.15, 0.2) is 53.0 Å². The summed E-state index contributed by atoms with van der Waals surface area (Å²) in [5.74, 6) is 0.329. The highest BCUT2D eigenvalue weighted by Crippen LogP contribution is 2.15. The molecule has 0 fully saturated rings. The molecule has 1 N–H and O–H groups in total. The van der Waals surface area contributed by atoms with Gasteiger partial charge in [-0.15, -0.1) is 0 Å². The number of hydrogen-bond donors (Lipinski definition) is 1. The fourth-order valence-corrected chi connectivity index (χ4v) is 1.32. The Morgan fingerprint density at radius 1 is 1.00 bits per heavy atom. The Bertz CT molecular complexity index is 476. The first-order valence-corrected chi connectivity index (χ1v) is 5.80. The van der Waals surface area contributed by atoms with E-state index in [9.17, 15) is 0 Å². The number of phenols is 1. The first-order valence-electron chi connectivity index (χ1n) is 5.00. The van der Waals surface area contributed by atoms with E-state index in [1.165, 1.54) is 5.56 Å². The molecule has 17 heavy (non-hydrogen) atoms. The summed E-state index contributed by atoms with van der Waals surface area (Å²) in [6, 6.07) is 14.4. The number of phenolic OH excluding ortho intramolecular Hbond substituents is 1. The van der Waals surface area contributed by atoms with Crippen molar-refractivity contribution >= 4 is 21.6 Å². The van der Waals surface area contributed by atoms with E-state index in [1.807, 2.05) is 31.2 Å². The number of rotatable bonds is 0. The van der Waals surface area contributed by atoms with Gasteiger partial charge in [-0.2, -0.15) is 0 Å². The van der Waals surface area contributed by atoms with Crippen molar-refractivity contribution in [2.75, 3.05) is 0 Å². The third kappa shape index (κ3) is 5.19. The van der Waals surface area contributed by atoms with Crippen LogP contribution in [0.25, 0.3) is 4.85 Å². The highest BCUT2D eigenvalue weighted by atomic mass is 79.9. The number of halogens is 1. The van der Waals surface area contributed by atoms with Crippen LogP contribution in [0.3, 0.4) is 0 Å². The molecular weight excluding hydrogens is 278 g/mol. The summed E-state index contributed by atoms with van der Waals surface area (Å²) in [6.45, 7) is 8.61. The molecule has 0 bridgehead atoms. The number of nitrogens with zero attached hydrogens (tertiary/aromatic N) is 1. The van der Waals surface area contributed by atoms with E-state index in [4.69, 9.17) is 11.7 Å². The van der Waals surface area contributed by atoms with Crippen LogP contribution in [-0.2, 0) is 0 Å². The molecule has 2 nitrogen and oxygen atoms in total. The van der Waals surface area contributed by atoms with E-state index >= 15 is 0 Å². The zero-order chi connectivity index (χ0) is 12.7. The Kier molecular flexibility index (Phi) is 5.25. The molecular formula is C14H12BrNO. The Morgan fingerprint density at radius 3 is 1.94 bits per heavy atom. The highest BCUT2D eigenvalue weighted by Gasteiger charge is 1.86. The Hall–Kier alpha value is -1.79. The average molecular weight is 290 g/mol. The fourth-order valence-electron chi connectivity index (χ4n) is 1.06. The monoisotopic (exact) mass is 289 g/mol. The van der Waals surface area contributed by atoms with E-state index < -0.39 is 0 Å². The molecule has 0 aliphatic heterocycles. The van der Waals surface area contributed by atoms with Crippen molar-refractivity contribution in [2.45, 2.75) is 6.92 Å². The maximum atomic E-state index is 8.76. The molecule has 0 amide bonds. The van der Waals surface area contributed by atoms with Crippen molar-refractivity contribution in [3.8, 4) is 5.75 Å². The largest absolute Gasteiger partial charge is 0.508 e. The van der Waals surface area contributed by atoms with Crippen LogP contribution in [0.5, 0.6) is 5.75 Å². The second-order valence-electron chi connectivity index (χ2n) is 3.42. The molecule has 0 radical (unpaired) electrons. The molecule has 0 saturated heterocycles. The Balaban J connectivity index is 0.000000171. The maximum absolute atomic E-state index is 8.76. The molecule has 2 aromatic rings. The molecule has 0 aliphatic rings. The molecule has 0 aromatic heterocycles. The van der Waals surface area contributed by atoms with Gasteiger partial charge in [0.05, 0.1) is 6.57 Å². The van der Waals surface area contributed by atoms with Crippen LogP contribution in [0.4, 0.5) is 5.69 Å². The van der Waals surface area contributed by atoms with Gasteiger partial charge >= 0.3 is 0 Å². The fraction of sp³-hybridized carbons (Fsp3) is 0.0714. The van der Waals surface area contributed by atoms with Crippen LogP contribution in [0.2, 0.25) is 0 Å². The first kappa shape index (κ1) is 13.3. The number of aryl methyl sites for hydroxylation is 1. The van der Waals surface area contributed by atoms with E-state index in [0.717, 1.165) is 4.47 Å². The minimum atomic E-state index is 0.329. The van der Waals surface area contributed by atoms with E-state index in [2.05, 4.69) is 20.8 Å². The van der Waals surface area contributed by atoms with Crippen LogP contribution in [0, 0.1) is 13.5 Å². The van der Waals surface area contributed by atoms with Gasteiger partial charge in [-0.25, -0.2) is 4.85 Å². The van der Waals surface area contributed by atoms with Crippen molar-refractivity contribution in [1.29, 1.82) is 0 Å². The standard InChI is InChI=1S/C7H4BrN.C7H8O/c1-9-7-4-2-6(8)3-5-7;1-6-2-4-7(8)5-3-6/h2-5H;2-5,8H,1H3. The zero-order valence-electron chi connectivity index (χ0n) is 9.39. The predicted molar refractivity (Wildman–Crippen MR) is 73.2 cm³/mol. The normalized spacial score (nSPS) is 8.76. The molecule has 86 valence electrons. The van der Waals surface area contributed by atoms with Crippen molar-refractivity contribution in [3.05, 3.63) is 70.0 Å². The summed E-state index contributed by atoms with van der Waals surface area (Å²) >= 11 is 3.27. The lowest BCUT2D eigenvalue weighted by Crippen LogP contribution is -1.66. The Labute approximate surface area is 109 Å². The van der Waals surface area contributed by atoms with Gasteiger partial charge in [0.2, 0.25) is 0 Å². The Morgan fingerprint density at radius 2 is 1.53 bits per heavy atom. The van der Waals surface area contributed by atoms with Gasteiger partial charge < -0.3 is 5.11 Å². The molecule has 0 saturated carbocycles. The zero-order valence-corrected chi connectivity index (χ0v) is 11.0. The number of aromatic hydroxyl groups is 1. The van der Waals surface area contributed by atoms with Gasteiger partial charge in [-0.3, -0.25) is 0 Å². The van der Waals surface area contributed by atoms with Crippen molar-refractivity contribution in [3.63, 3.8) is 0 Å². The molecule has 2 aromatic carbocycles. The summed E-state index contributed by atoms with van der Waals surface area (Å²) in [7, 11) is 0. The second kappa shape index (κ2) is 6.72. The van der Waals surface area contributed by atoms with Crippen molar-refractivity contribution in [1.82, 2.24) is 0 Å². The van der Waals surface area contributed by atoms with Crippen LogP contribution < -0.4 is 0 Å². The smallest absolute Gasteiger partial charge is 0.187 e. The predicted octanol–water partition coefficient (Wildman–Crippen LogP) is 4.70. The molecule has 3 heteroatoms. The maximum Gasteiger partial charge on any atom is 0.187 e. The quantitative estimate of drug-likeness (QED) is 0.699. The molecule has 0 atom stereocenters. The third-order valence-electron chi connectivity index (χ3n) is 1.99. The summed E-state index contributed by atoms with van der Waals surface area (Å²) in [5, 5.41) is 8.76. The van der Waals surface area contributed by atoms with Gasteiger partial charge in [0, 0.05) is 4.47 Å². The van der Waals surface area contributed by atoms with Crippen LogP contribution in [-0.4, -0.2) is 5.11 Å². The van der Waals surface area contributed by atoms with Gasteiger partial charge in [0.1, 0.15) is 5.75 Å². The topological polar surface area (TPSA) is 24.6 Å². The van der Waals surface area contributed by atoms with Gasteiger partial charge in [-0.05, 0) is 19.1 Å². The van der Waals surface area contributed by atoms with E-state index in [-0.39, 0.29) is 0 Å². The highest BCUT2D eigenvalue weighted by molar-refractivity contribution is 9.10. The van der Waals surface area contributed by atoms with Crippen molar-refractivity contribution in [2.24, 2.45) is 0 Å². The van der Waals surface area contributed by atoms with Gasteiger partial charge in [0.25, 0.3) is 0 Å². The lowest BCUT2D eigenvalue weighted by atomic mass is 10.2. The lowest BCUT2D eigenvalue weighted by Gasteiger charge is -1.89.